The molecule has 0 bridgehead atoms. The number of esters is 2. The second-order valence-corrected chi connectivity index (χ2v) is 20.2. The van der Waals surface area contributed by atoms with E-state index in [1.54, 1.807) is 0 Å². The van der Waals surface area contributed by atoms with Gasteiger partial charge in [0.2, 0.25) is 0 Å². The third-order valence-corrected chi connectivity index (χ3v) is 16.1. The lowest BCUT2D eigenvalue weighted by molar-refractivity contribution is -0.344. The fourth-order valence-electron chi connectivity index (χ4n) is 13.2. The van der Waals surface area contributed by atoms with Crippen molar-refractivity contribution in [1.82, 2.24) is 0 Å². The van der Waals surface area contributed by atoms with Gasteiger partial charge in [-0.25, -0.2) is 9.59 Å². The van der Waals surface area contributed by atoms with Gasteiger partial charge in [0.1, 0.15) is 12.7 Å². The van der Waals surface area contributed by atoms with E-state index >= 15 is 0 Å². The monoisotopic (exact) mass is 744 g/mol. The first-order valence-electron chi connectivity index (χ1n) is 20.8. The Kier molecular flexibility index (Phi) is 9.24. The standard InChI is InChI=1S/C46H64O8/c1-27-11-15-35-43(7,20-17-37-45(35,9)25-50-41(3,4)53-37)32(27)14-13-29-23-34(52-39(29)47)31(30-19-22-49-40(30)48)24-33-28(2)12-16-36-44(33,8)21-18-38-46(36,10)26-51-42(5,6)54-38/h13-14,19,23,31-38H,1-2,11-12,15-18,20-22,24-26H2,3-10H3/b14-13+/t31-,32+,33+,34+,35-,36-,37+,38+,43-,44-,45-,46-/m0/s1. The summed E-state index contributed by atoms with van der Waals surface area (Å²) >= 11 is 0. The normalized spacial score (nSPS) is 46.0. The van der Waals surface area contributed by atoms with Crippen LogP contribution in [0.15, 0.2) is 59.8 Å². The van der Waals surface area contributed by atoms with Crippen LogP contribution < -0.4 is 0 Å². The molecule has 0 N–H and O–H groups in total. The topological polar surface area (TPSA) is 89.5 Å². The predicted molar refractivity (Wildman–Crippen MR) is 206 cm³/mol. The maximum absolute atomic E-state index is 13.7. The second kappa shape index (κ2) is 13.0. The Morgan fingerprint density at radius 3 is 1.93 bits per heavy atom. The molecule has 4 saturated carbocycles. The van der Waals surface area contributed by atoms with Crippen LogP contribution in [0, 0.1) is 51.2 Å². The molecule has 0 aromatic carbocycles. The quantitative estimate of drug-likeness (QED) is 0.197. The minimum Gasteiger partial charge on any atom is -0.458 e. The number of allylic oxidation sites excluding steroid dienone is 3. The molecule has 6 fully saturated rings. The van der Waals surface area contributed by atoms with Gasteiger partial charge in [-0.3, -0.25) is 0 Å². The minimum absolute atomic E-state index is 0.0398. The maximum atomic E-state index is 13.7. The van der Waals surface area contributed by atoms with Crippen LogP contribution in [0.2, 0.25) is 0 Å². The molecule has 12 atom stereocenters. The van der Waals surface area contributed by atoms with Crippen molar-refractivity contribution in [2.24, 2.45) is 51.2 Å². The highest BCUT2D eigenvalue weighted by atomic mass is 16.7. The Labute approximate surface area is 323 Å². The van der Waals surface area contributed by atoms with Crippen molar-refractivity contribution in [3.63, 3.8) is 0 Å². The molecular formula is C46H64O8. The first-order valence-corrected chi connectivity index (χ1v) is 20.8. The number of cyclic esters (lactones) is 2. The molecule has 4 heterocycles. The van der Waals surface area contributed by atoms with E-state index in [0.717, 1.165) is 51.4 Å². The molecule has 0 radical (unpaired) electrons. The number of ether oxygens (including phenoxy) is 6. The molecule has 2 saturated heterocycles. The average molecular weight is 745 g/mol. The zero-order valence-electron chi connectivity index (χ0n) is 34.1. The van der Waals surface area contributed by atoms with Gasteiger partial charge < -0.3 is 28.4 Å². The van der Waals surface area contributed by atoms with Crippen LogP contribution >= 0.6 is 0 Å². The van der Waals surface area contributed by atoms with Crippen LogP contribution in [0.25, 0.3) is 0 Å². The largest absolute Gasteiger partial charge is 0.458 e. The van der Waals surface area contributed by atoms with E-state index in [0.29, 0.717) is 42.6 Å². The van der Waals surface area contributed by atoms with Gasteiger partial charge in [-0.05, 0) is 126 Å². The van der Waals surface area contributed by atoms with Crippen molar-refractivity contribution in [2.45, 2.75) is 143 Å². The highest BCUT2D eigenvalue weighted by Crippen LogP contribution is 2.65. The molecule has 0 unspecified atom stereocenters. The molecule has 0 aromatic rings. The molecule has 8 heteroatoms. The van der Waals surface area contributed by atoms with Crippen molar-refractivity contribution in [2.75, 3.05) is 19.8 Å². The lowest BCUT2D eigenvalue weighted by Crippen LogP contribution is -2.63. The van der Waals surface area contributed by atoms with Gasteiger partial charge in [0.15, 0.2) is 11.6 Å². The lowest BCUT2D eigenvalue weighted by atomic mass is 9.45. The first-order chi connectivity index (χ1) is 25.3. The molecule has 8 rings (SSSR count). The number of rotatable bonds is 6. The molecule has 0 aromatic heterocycles. The number of carbonyl (C=O) groups is 2. The van der Waals surface area contributed by atoms with Crippen LogP contribution in [0.3, 0.4) is 0 Å². The highest BCUT2D eigenvalue weighted by Gasteiger charge is 2.63. The summed E-state index contributed by atoms with van der Waals surface area (Å²) in [4.78, 5) is 27.0. The Hall–Kier alpha value is -2.52. The molecule has 4 aliphatic heterocycles. The molecule has 4 aliphatic carbocycles. The second-order valence-electron chi connectivity index (χ2n) is 20.2. The van der Waals surface area contributed by atoms with Gasteiger partial charge in [0.25, 0.3) is 0 Å². The van der Waals surface area contributed by atoms with Gasteiger partial charge in [-0.2, -0.15) is 0 Å². The summed E-state index contributed by atoms with van der Waals surface area (Å²) in [6.07, 6.45) is 16.3. The van der Waals surface area contributed by atoms with Crippen LogP contribution in [-0.2, 0) is 38.0 Å². The van der Waals surface area contributed by atoms with E-state index in [2.05, 4.69) is 46.9 Å². The summed E-state index contributed by atoms with van der Waals surface area (Å²) in [5, 5.41) is 0. The molecule has 0 amide bonds. The molecule has 54 heavy (non-hydrogen) atoms. The van der Waals surface area contributed by atoms with Crippen molar-refractivity contribution >= 4 is 11.9 Å². The highest BCUT2D eigenvalue weighted by molar-refractivity contribution is 5.95. The van der Waals surface area contributed by atoms with Gasteiger partial charge in [0.05, 0.1) is 31.0 Å². The van der Waals surface area contributed by atoms with Crippen LogP contribution in [0.5, 0.6) is 0 Å². The van der Waals surface area contributed by atoms with Gasteiger partial charge in [-0.15, -0.1) is 0 Å². The van der Waals surface area contributed by atoms with Gasteiger partial charge >= 0.3 is 11.9 Å². The lowest BCUT2D eigenvalue weighted by Gasteiger charge is -2.63. The fraction of sp³-hybridized carbons (Fsp3) is 0.739. The maximum Gasteiger partial charge on any atom is 0.338 e. The predicted octanol–water partition coefficient (Wildman–Crippen LogP) is 8.96. The SMILES string of the molecule is C=C1CC[C@@H]2[C@]3(C)COC(C)(C)O[C@@H]3CC[C@@]2(C)[C@@H]1/C=C/C1=C[C@H]([C@@H](C[C@@H]2C(=C)CC[C@@H]3[C@]4(C)COC(C)(C)O[C@@H]4CC[C@]32C)C2=CCOC2=O)OC1=O. The molecular weight excluding hydrogens is 680 g/mol. The summed E-state index contributed by atoms with van der Waals surface area (Å²) in [6, 6.07) is 0. The van der Waals surface area contributed by atoms with Crippen molar-refractivity contribution in [3.05, 3.63) is 59.8 Å². The van der Waals surface area contributed by atoms with E-state index in [1.165, 1.54) is 11.1 Å². The molecule has 8 aliphatic rings. The summed E-state index contributed by atoms with van der Waals surface area (Å²) in [5.41, 5.74) is 3.26. The van der Waals surface area contributed by atoms with Crippen LogP contribution in [0.1, 0.15) is 113 Å². The Morgan fingerprint density at radius 2 is 1.33 bits per heavy atom. The third-order valence-electron chi connectivity index (χ3n) is 16.1. The number of hydrogen-bond acceptors (Lipinski definition) is 8. The molecule has 8 nitrogen and oxygen atoms in total. The zero-order chi connectivity index (χ0) is 38.6. The smallest absolute Gasteiger partial charge is 0.338 e. The molecule has 0 spiro atoms. The first kappa shape index (κ1) is 38.4. The number of hydrogen-bond donors (Lipinski definition) is 0. The van der Waals surface area contributed by atoms with E-state index in [9.17, 15) is 9.59 Å². The van der Waals surface area contributed by atoms with Gasteiger partial charge in [-0.1, -0.05) is 64.2 Å². The third kappa shape index (κ3) is 6.06. The summed E-state index contributed by atoms with van der Waals surface area (Å²) in [6.45, 7) is 28.4. The average Bonchev–Trinajstić information content (AvgIpc) is 3.69. The van der Waals surface area contributed by atoms with Crippen molar-refractivity contribution < 1.29 is 38.0 Å². The Balaban J connectivity index is 1.06. The Morgan fingerprint density at radius 1 is 0.759 bits per heavy atom. The fourth-order valence-corrected chi connectivity index (χ4v) is 13.2. The van der Waals surface area contributed by atoms with Crippen molar-refractivity contribution in [1.29, 1.82) is 0 Å². The summed E-state index contributed by atoms with van der Waals surface area (Å²) < 4.78 is 37.4. The van der Waals surface area contributed by atoms with E-state index < -0.39 is 17.7 Å². The minimum atomic E-state index is -0.584. The van der Waals surface area contributed by atoms with Crippen LogP contribution in [-0.4, -0.2) is 61.6 Å². The number of fused-ring (bicyclic) bond motifs is 6. The van der Waals surface area contributed by atoms with E-state index in [1.807, 2.05) is 45.9 Å². The summed E-state index contributed by atoms with van der Waals surface area (Å²) in [5.74, 6) is -1.15. The van der Waals surface area contributed by atoms with Crippen LogP contribution in [0.4, 0.5) is 0 Å². The van der Waals surface area contributed by atoms with Gasteiger partial charge in [0, 0.05) is 28.2 Å². The Bertz CT molecular complexity index is 1700. The van der Waals surface area contributed by atoms with Crippen molar-refractivity contribution in [3.8, 4) is 0 Å². The van der Waals surface area contributed by atoms with E-state index in [-0.39, 0.29) is 70.2 Å². The number of carbonyl (C=O) groups excluding carboxylic acids is 2. The summed E-state index contributed by atoms with van der Waals surface area (Å²) in [7, 11) is 0. The zero-order valence-corrected chi connectivity index (χ0v) is 34.1. The van der Waals surface area contributed by atoms with E-state index in [4.69, 9.17) is 28.4 Å². The molecule has 296 valence electrons.